The summed E-state index contributed by atoms with van der Waals surface area (Å²) >= 11 is 0. The van der Waals surface area contributed by atoms with Crippen LogP contribution in [0.4, 0.5) is 4.39 Å². The van der Waals surface area contributed by atoms with Crippen LogP contribution in [0.25, 0.3) is 0 Å². The smallest absolute Gasteiger partial charge is 0.123 e. The highest BCUT2D eigenvalue weighted by atomic mass is 19.1. The largest absolute Gasteiger partial charge is 0.508 e. The zero-order valence-corrected chi connectivity index (χ0v) is 8.03. The summed E-state index contributed by atoms with van der Waals surface area (Å²) in [7, 11) is 0. The number of aromatic hydroxyl groups is 1. The first-order chi connectivity index (χ1) is 6.79. The highest BCUT2D eigenvalue weighted by Crippen LogP contribution is 2.07. The lowest BCUT2D eigenvalue weighted by Gasteiger charge is -2.13. The molecule has 0 saturated carbocycles. The van der Waals surface area contributed by atoms with Crippen molar-refractivity contribution in [3.63, 3.8) is 0 Å². The Balaban J connectivity index is 0.000000140. The first-order valence-electron chi connectivity index (χ1n) is 4.75. The van der Waals surface area contributed by atoms with Crippen LogP contribution in [0.15, 0.2) is 30.3 Å². The van der Waals surface area contributed by atoms with Gasteiger partial charge in [0.2, 0.25) is 0 Å². The summed E-state index contributed by atoms with van der Waals surface area (Å²) in [4.78, 5) is 0. The Morgan fingerprint density at radius 2 is 2.00 bits per heavy atom. The molecule has 1 aliphatic heterocycles. The molecular formula is C11H15FO2. The van der Waals surface area contributed by atoms with Crippen LogP contribution >= 0.6 is 0 Å². The topological polar surface area (TPSA) is 29.5 Å². The number of alkyl halides is 1. The lowest BCUT2D eigenvalue weighted by molar-refractivity contribution is 0.0366. The van der Waals surface area contributed by atoms with Crippen LogP contribution in [0.5, 0.6) is 5.75 Å². The van der Waals surface area contributed by atoms with Gasteiger partial charge in [0.25, 0.3) is 0 Å². The molecule has 0 bridgehead atoms. The molecule has 0 amide bonds. The summed E-state index contributed by atoms with van der Waals surface area (Å²) in [5, 5.41) is 8.63. The minimum Gasteiger partial charge on any atom is -0.508 e. The molecule has 1 aromatic rings. The van der Waals surface area contributed by atoms with Gasteiger partial charge in [0.1, 0.15) is 11.9 Å². The average Bonchev–Trinajstić information content (AvgIpc) is 2.21. The number of rotatable bonds is 0. The SMILES string of the molecule is FC1CCCOC1.Oc1ccccc1. The van der Waals surface area contributed by atoms with Crippen molar-refractivity contribution < 1.29 is 14.2 Å². The first-order valence-corrected chi connectivity index (χ1v) is 4.75. The molecule has 2 rings (SSSR count). The van der Waals surface area contributed by atoms with Crippen LogP contribution in [-0.4, -0.2) is 24.5 Å². The van der Waals surface area contributed by atoms with Gasteiger partial charge in [-0.2, -0.15) is 0 Å². The second-order valence-corrected chi connectivity index (χ2v) is 3.15. The van der Waals surface area contributed by atoms with Crippen molar-refractivity contribution in [1.82, 2.24) is 0 Å². The van der Waals surface area contributed by atoms with Gasteiger partial charge in [-0.25, -0.2) is 4.39 Å². The highest BCUT2D eigenvalue weighted by molar-refractivity contribution is 5.18. The van der Waals surface area contributed by atoms with E-state index in [2.05, 4.69) is 0 Å². The Bertz CT molecular complexity index is 232. The molecule has 1 unspecified atom stereocenters. The number of phenols is 1. The second kappa shape index (κ2) is 6.38. The number of phenolic OH excluding ortho intramolecular Hbond substituents is 1. The van der Waals surface area contributed by atoms with Crippen LogP contribution in [0.1, 0.15) is 12.8 Å². The lowest BCUT2D eigenvalue weighted by atomic mass is 10.2. The molecule has 1 fully saturated rings. The van der Waals surface area contributed by atoms with E-state index in [9.17, 15) is 4.39 Å². The zero-order valence-electron chi connectivity index (χ0n) is 8.03. The number of ether oxygens (including phenoxy) is 1. The van der Waals surface area contributed by atoms with Crippen molar-refractivity contribution >= 4 is 0 Å². The van der Waals surface area contributed by atoms with Gasteiger partial charge < -0.3 is 9.84 Å². The summed E-state index contributed by atoms with van der Waals surface area (Å²) < 4.78 is 16.9. The van der Waals surface area contributed by atoms with E-state index in [4.69, 9.17) is 9.84 Å². The molecule has 1 heterocycles. The molecule has 0 aliphatic carbocycles. The molecule has 0 aromatic heterocycles. The summed E-state index contributed by atoms with van der Waals surface area (Å²) in [6.07, 6.45) is 0.898. The van der Waals surface area contributed by atoms with Gasteiger partial charge in [0, 0.05) is 6.61 Å². The second-order valence-electron chi connectivity index (χ2n) is 3.15. The maximum absolute atomic E-state index is 12.1. The normalized spacial score (nSPS) is 20.8. The van der Waals surface area contributed by atoms with Crippen molar-refractivity contribution in [3.05, 3.63) is 30.3 Å². The van der Waals surface area contributed by atoms with E-state index in [0.29, 0.717) is 18.8 Å². The molecule has 1 aromatic carbocycles. The third-order valence-electron chi connectivity index (χ3n) is 1.86. The minimum atomic E-state index is -0.686. The fourth-order valence-electron chi connectivity index (χ4n) is 1.13. The van der Waals surface area contributed by atoms with Gasteiger partial charge in [0.15, 0.2) is 0 Å². The Morgan fingerprint density at radius 3 is 2.29 bits per heavy atom. The van der Waals surface area contributed by atoms with E-state index in [1.165, 1.54) is 0 Å². The van der Waals surface area contributed by atoms with Crippen LogP contribution in [0.2, 0.25) is 0 Å². The third kappa shape index (κ3) is 4.82. The Hall–Kier alpha value is -1.09. The van der Waals surface area contributed by atoms with Crippen molar-refractivity contribution in [2.24, 2.45) is 0 Å². The maximum atomic E-state index is 12.1. The quantitative estimate of drug-likeness (QED) is 0.694. The van der Waals surface area contributed by atoms with Gasteiger partial charge in [-0.3, -0.25) is 0 Å². The predicted molar refractivity (Wildman–Crippen MR) is 53.1 cm³/mol. The maximum Gasteiger partial charge on any atom is 0.123 e. The summed E-state index contributed by atoms with van der Waals surface area (Å²) in [5.74, 6) is 0.322. The van der Waals surface area contributed by atoms with E-state index < -0.39 is 6.17 Å². The van der Waals surface area contributed by atoms with Crippen molar-refractivity contribution in [3.8, 4) is 5.75 Å². The summed E-state index contributed by atoms with van der Waals surface area (Å²) in [6, 6.07) is 8.71. The lowest BCUT2D eigenvalue weighted by Crippen LogP contribution is -2.17. The molecule has 1 atom stereocenters. The van der Waals surface area contributed by atoms with E-state index in [1.807, 2.05) is 6.07 Å². The molecule has 1 aliphatic rings. The van der Waals surface area contributed by atoms with Crippen molar-refractivity contribution in [2.45, 2.75) is 19.0 Å². The van der Waals surface area contributed by atoms with Crippen molar-refractivity contribution in [2.75, 3.05) is 13.2 Å². The Morgan fingerprint density at radius 1 is 1.29 bits per heavy atom. The van der Waals surface area contributed by atoms with Gasteiger partial charge >= 0.3 is 0 Å². The summed E-state index contributed by atoms with van der Waals surface area (Å²) in [6.45, 7) is 1.07. The standard InChI is InChI=1S/C6H6O.C5H9FO/c7-6-4-2-1-3-5-6;6-5-2-1-3-7-4-5/h1-5,7H;5H,1-4H2. The van der Waals surface area contributed by atoms with Gasteiger partial charge in [-0.1, -0.05) is 18.2 Å². The predicted octanol–water partition coefficient (Wildman–Crippen LogP) is 2.53. The molecule has 3 heteroatoms. The molecule has 0 radical (unpaired) electrons. The van der Waals surface area contributed by atoms with Crippen LogP contribution in [0.3, 0.4) is 0 Å². The number of benzene rings is 1. The number of halogens is 1. The van der Waals surface area contributed by atoms with Crippen LogP contribution in [0, 0.1) is 0 Å². The number of para-hydroxylation sites is 1. The van der Waals surface area contributed by atoms with E-state index in [1.54, 1.807) is 24.3 Å². The highest BCUT2D eigenvalue weighted by Gasteiger charge is 2.10. The molecular weight excluding hydrogens is 183 g/mol. The molecule has 0 spiro atoms. The van der Waals surface area contributed by atoms with Gasteiger partial charge in [-0.15, -0.1) is 0 Å². The summed E-state index contributed by atoms with van der Waals surface area (Å²) in [5.41, 5.74) is 0. The van der Waals surface area contributed by atoms with E-state index in [-0.39, 0.29) is 0 Å². The van der Waals surface area contributed by atoms with Crippen molar-refractivity contribution in [1.29, 1.82) is 0 Å². The Labute approximate surface area is 83.3 Å². The molecule has 14 heavy (non-hydrogen) atoms. The number of hydrogen-bond donors (Lipinski definition) is 1. The average molecular weight is 198 g/mol. The minimum absolute atomic E-state index is 0.319. The van der Waals surface area contributed by atoms with Gasteiger partial charge in [-0.05, 0) is 25.0 Å². The van der Waals surface area contributed by atoms with Crippen LogP contribution in [-0.2, 0) is 4.74 Å². The molecule has 78 valence electrons. The van der Waals surface area contributed by atoms with Gasteiger partial charge in [0.05, 0.1) is 6.61 Å². The monoisotopic (exact) mass is 198 g/mol. The molecule has 2 nitrogen and oxygen atoms in total. The molecule has 1 N–H and O–H groups in total. The zero-order chi connectivity index (χ0) is 10.2. The molecule has 1 saturated heterocycles. The van der Waals surface area contributed by atoms with E-state index >= 15 is 0 Å². The fraction of sp³-hybridized carbons (Fsp3) is 0.455. The number of hydrogen-bond acceptors (Lipinski definition) is 2. The van der Waals surface area contributed by atoms with E-state index in [0.717, 1.165) is 13.0 Å². The van der Waals surface area contributed by atoms with Crippen LogP contribution < -0.4 is 0 Å². The first kappa shape index (κ1) is 11.0. The third-order valence-corrected chi connectivity index (χ3v) is 1.86. The fourth-order valence-corrected chi connectivity index (χ4v) is 1.13. The Kier molecular flexibility index (Phi) is 5.00.